The fourth-order valence-corrected chi connectivity index (χ4v) is 7.03. The number of hydrogen-bond acceptors (Lipinski definition) is 5. The van der Waals surface area contributed by atoms with Crippen LogP contribution in [0, 0.1) is 19.8 Å². The molecule has 40 heavy (non-hydrogen) atoms. The van der Waals surface area contributed by atoms with Crippen LogP contribution in [0.25, 0.3) is 0 Å². The topological polar surface area (TPSA) is 67.8 Å². The maximum Gasteiger partial charge on any atom is 0.339 e. The van der Waals surface area contributed by atoms with E-state index < -0.39 is 10.1 Å². The number of halogens is 1. The molecule has 0 saturated carbocycles. The van der Waals surface area contributed by atoms with E-state index in [0.29, 0.717) is 16.3 Å². The Kier molecular flexibility index (Phi) is 7.11. The molecule has 0 bridgehead atoms. The third-order valence-corrected chi connectivity index (χ3v) is 9.47. The van der Waals surface area contributed by atoms with Gasteiger partial charge >= 0.3 is 10.1 Å². The van der Waals surface area contributed by atoms with Crippen molar-refractivity contribution in [1.29, 1.82) is 0 Å². The molecule has 4 aromatic rings. The molecule has 0 aromatic heterocycles. The number of anilines is 1. The SMILES string of the molecule is Cc1ccc(S(=O)(=O)Oc2ccc(C=Nc3ccc([C@@H]4Nc5ccc(C)cc5[C@H]5C=CC[C@@H]54)cc3)cc2Br)cc1. The van der Waals surface area contributed by atoms with Gasteiger partial charge in [0, 0.05) is 17.8 Å². The van der Waals surface area contributed by atoms with Crippen molar-refractivity contribution in [2.24, 2.45) is 10.9 Å². The molecule has 0 fully saturated rings. The number of nitrogens with one attached hydrogen (secondary N) is 1. The average molecular weight is 614 g/mol. The van der Waals surface area contributed by atoms with E-state index in [2.05, 4.69) is 75.6 Å². The highest BCUT2D eigenvalue weighted by atomic mass is 79.9. The van der Waals surface area contributed by atoms with Crippen molar-refractivity contribution < 1.29 is 12.6 Å². The number of hydrogen-bond donors (Lipinski definition) is 1. The van der Waals surface area contributed by atoms with E-state index in [4.69, 9.17) is 4.18 Å². The zero-order valence-corrected chi connectivity index (χ0v) is 24.6. The molecule has 6 rings (SSSR count). The maximum absolute atomic E-state index is 12.7. The molecule has 0 saturated heterocycles. The highest BCUT2D eigenvalue weighted by Gasteiger charge is 2.37. The van der Waals surface area contributed by atoms with Crippen LogP contribution in [0.3, 0.4) is 0 Å². The second-order valence-electron chi connectivity index (χ2n) is 10.5. The number of allylic oxidation sites excluding steroid dienone is 2. The lowest BCUT2D eigenvalue weighted by Crippen LogP contribution is -2.29. The number of benzene rings is 4. The van der Waals surface area contributed by atoms with Crippen LogP contribution < -0.4 is 9.50 Å². The van der Waals surface area contributed by atoms with Crippen LogP contribution in [0.2, 0.25) is 0 Å². The Morgan fingerprint density at radius 3 is 2.42 bits per heavy atom. The van der Waals surface area contributed by atoms with Crippen LogP contribution in [-0.2, 0) is 10.1 Å². The second kappa shape index (κ2) is 10.7. The van der Waals surface area contributed by atoms with Crippen molar-refractivity contribution >= 4 is 43.6 Å². The van der Waals surface area contributed by atoms with Crippen molar-refractivity contribution in [3.05, 3.63) is 129 Å². The molecule has 1 heterocycles. The predicted octanol–water partition coefficient (Wildman–Crippen LogP) is 8.41. The minimum absolute atomic E-state index is 0.113. The van der Waals surface area contributed by atoms with Gasteiger partial charge in [0.05, 0.1) is 16.2 Å². The summed E-state index contributed by atoms with van der Waals surface area (Å²) in [6, 6.07) is 27.1. The number of rotatable bonds is 6. The summed E-state index contributed by atoms with van der Waals surface area (Å²) in [5, 5.41) is 3.79. The van der Waals surface area contributed by atoms with E-state index in [1.165, 1.54) is 34.5 Å². The standard InChI is InChI=1S/C33H29BrN2O3S/c1-21-6-14-26(15-7-21)40(37,38)39-32-17-9-23(19-30(32)34)20-35-25-12-10-24(11-13-25)33-28-5-3-4-27(28)29-18-22(2)8-16-31(29)36-33/h3-4,6-20,27-28,33,36H,5H2,1-2H3/t27-,28-,33-/m0/s1. The monoisotopic (exact) mass is 612 g/mol. The summed E-state index contributed by atoms with van der Waals surface area (Å²) in [7, 11) is -3.93. The Hall–Kier alpha value is -3.68. The first kappa shape index (κ1) is 26.5. The molecule has 0 unspecified atom stereocenters. The largest absolute Gasteiger partial charge is 0.378 e. The van der Waals surface area contributed by atoms with E-state index in [1.807, 2.05) is 19.1 Å². The smallest absolute Gasteiger partial charge is 0.339 e. The van der Waals surface area contributed by atoms with Crippen LogP contribution in [0.15, 0.2) is 111 Å². The Balaban J connectivity index is 1.15. The third kappa shape index (κ3) is 5.36. The van der Waals surface area contributed by atoms with E-state index in [-0.39, 0.29) is 16.7 Å². The van der Waals surface area contributed by atoms with Crippen LogP contribution >= 0.6 is 15.9 Å². The summed E-state index contributed by atoms with van der Waals surface area (Å²) < 4.78 is 31.2. The maximum atomic E-state index is 12.7. The summed E-state index contributed by atoms with van der Waals surface area (Å²) in [6.07, 6.45) is 7.50. The van der Waals surface area contributed by atoms with E-state index in [1.54, 1.807) is 36.5 Å². The molecule has 0 spiro atoms. The zero-order chi connectivity index (χ0) is 27.9. The molecule has 3 atom stereocenters. The zero-order valence-electron chi connectivity index (χ0n) is 22.2. The van der Waals surface area contributed by atoms with Gasteiger partial charge in [-0.3, -0.25) is 4.99 Å². The van der Waals surface area contributed by atoms with E-state index in [0.717, 1.165) is 23.2 Å². The molecule has 4 aromatic carbocycles. The lowest BCUT2D eigenvalue weighted by Gasteiger charge is -2.37. The van der Waals surface area contributed by atoms with Gasteiger partial charge in [0.1, 0.15) is 4.90 Å². The molecule has 2 aliphatic rings. The summed E-state index contributed by atoms with van der Waals surface area (Å²) in [4.78, 5) is 4.75. The van der Waals surface area contributed by atoms with Gasteiger partial charge in [0.2, 0.25) is 0 Å². The van der Waals surface area contributed by atoms with Gasteiger partial charge in [0.25, 0.3) is 0 Å². The molecule has 0 amide bonds. The molecule has 5 nitrogen and oxygen atoms in total. The molecule has 0 radical (unpaired) electrons. The van der Waals surface area contributed by atoms with Gasteiger partial charge in [-0.2, -0.15) is 8.42 Å². The average Bonchev–Trinajstić information content (AvgIpc) is 3.44. The molecule has 7 heteroatoms. The van der Waals surface area contributed by atoms with Crippen molar-refractivity contribution in [3.8, 4) is 5.75 Å². The van der Waals surface area contributed by atoms with Crippen molar-refractivity contribution in [3.63, 3.8) is 0 Å². The molecule has 1 aliphatic heterocycles. The lowest BCUT2D eigenvalue weighted by atomic mass is 9.76. The third-order valence-electron chi connectivity index (χ3n) is 7.60. The summed E-state index contributed by atoms with van der Waals surface area (Å²) in [5.74, 6) is 1.16. The van der Waals surface area contributed by atoms with Gasteiger partial charge in [-0.25, -0.2) is 0 Å². The summed E-state index contributed by atoms with van der Waals surface area (Å²) in [6.45, 7) is 4.05. The fraction of sp³-hybridized carbons (Fsp3) is 0.182. The highest BCUT2D eigenvalue weighted by molar-refractivity contribution is 9.10. The van der Waals surface area contributed by atoms with Crippen molar-refractivity contribution in [2.75, 3.05) is 5.32 Å². The van der Waals surface area contributed by atoms with Gasteiger partial charge in [-0.15, -0.1) is 0 Å². The molecule has 202 valence electrons. The minimum Gasteiger partial charge on any atom is -0.378 e. The lowest BCUT2D eigenvalue weighted by molar-refractivity contribution is 0.425. The number of aryl methyl sites for hydroxylation is 2. The van der Waals surface area contributed by atoms with Gasteiger partial charge in [-0.05, 0) is 107 Å². The highest BCUT2D eigenvalue weighted by Crippen LogP contribution is 2.50. The first-order chi connectivity index (χ1) is 19.3. The van der Waals surface area contributed by atoms with E-state index in [9.17, 15) is 8.42 Å². The van der Waals surface area contributed by atoms with Gasteiger partial charge < -0.3 is 9.50 Å². The van der Waals surface area contributed by atoms with Crippen LogP contribution in [0.1, 0.15) is 46.2 Å². The van der Waals surface area contributed by atoms with Gasteiger partial charge in [-0.1, -0.05) is 59.7 Å². The summed E-state index contributed by atoms with van der Waals surface area (Å²) >= 11 is 3.44. The van der Waals surface area contributed by atoms with Crippen molar-refractivity contribution in [1.82, 2.24) is 0 Å². The van der Waals surface area contributed by atoms with Crippen LogP contribution in [-0.4, -0.2) is 14.6 Å². The number of aliphatic imine (C=N–C) groups is 1. The molecule has 1 aliphatic carbocycles. The van der Waals surface area contributed by atoms with Crippen molar-refractivity contribution in [2.45, 2.75) is 37.1 Å². The number of fused-ring (bicyclic) bond motifs is 3. The van der Waals surface area contributed by atoms with E-state index >= 15 is 0 Å². The predicted molar refractivity (Wildman–Crippen MR) is 164 cm³/mol. The summed E-state index contributed by atoms with van der Waals surface area (Å²) in [5.41, 5.74) is 7.79. The fourth-order valence-electron chi connectivity index (χ4n) is 5.50. The molecular weight excluding hydrogens is 584 g/mol. The minimum atomic E-state index is -3.93. The van der Waals surface area contributed by atoms with Gasteiger partial charge in [0.15, 0.2) is 5.75 Å². The second-order valence-corrected chi connectivity index (χ2v) is 12.9. The quantitative estimate of drug-likeness (QED) is 0.135. The first-order valence-electron chi connectivity index (χ1n) is 13.3. The Morgan fingerprint density at radius 2 is 1.68 bits per heavy atom. The Labute approximate surface area is 243 Å². The van der Waals surface area contributed by atoms with Crippen LogP contribution in [0.4, 0.5) is 11.4 Å². The number of nitrogens with zero attached hydrogens (tertiary/aromatic N) is 1. The molecular formula is C33H29BrN2O3S. The molecule has 1 N–H and O–H groups in total. The first-order valence-corrected chi connectivity index (χ1v) is 15.5. The van der Waals surface area contributed by atoms with Crippen LogP contribution in [0.5, 0.6) is 5.75 Å². The Bertz CT molecular complexity index is 1730. The normalized spacial score (nSPS) is 19.7. The Morgan fingerprint density at radius 1 is 0.925 bits per heavy atom.